The first-order valence-electron chi connectivity index (χ1n) is 10.2. The molecule has 0 radical (unpaired) electrons. The van der Waals surface area contributed by atoms with Crippen molar-refractivity contribution < 1.29 is 19.5 Å². The van der Waals surface area contributed by atoms with E-state index in [4.69, 9.17) is 16.2 Å². The molecule has 1 fully saturated rings. The van der Waals surface area contributed by atoms with E-state index in [2.05, 4.69) is 29.7 Å². The maximum absolute atomic E-state index is 12.2. The number of aliphatic carboxylic acids is 1. The fourth-order valence-corrected chi connectivity index (χ4v) is 2.98. The molecule has 9 nitrogen and oxygen atoms in total. The Bertz CT molecular complexity index is 931. The second-order valence-electron chi connectivity index (χ2n) is 7.37. The third-order valence-electron chi connectivity index (χ3n) is 4.87. The van der Waals surface area contributed by atoms with Gasteiger partial charge in [0, 0.05) is 18.7 Å². The van der Waals surface area contributed by atoms with Crippen LogP contribution in [0.25, 0.3) is 0 Å². The van der Waals surface area contributed by atoms with Crippen LogP contribution in [-0.2, 0) is 20.9 Å². The summed E-state index contributed by atoms with van der Waals surface area (Å²) >= 11 is 0. The molecule has 0 aromatic heterocycles. The molecule has 170 valence electrons. The summed E-state index contributed by atoms with van der Waals surface area (Å²) in [6.07, 6.45) is 0.583. The predicted molar refractivity (Wildman–Crippen MR) is 121 cm³/mol. The minimum Gasteiger partial charge on any atom is -0.480 e. The van der Waals surface area contributed by atoms with Gasteiger partial charge >= 0.3 is 5.97 Å². The molecular formula is C23H29N5O4. The molecule has 1 aliphatic heterocycles. The van der Waals surface area contributed by atoms with Crippen molar-refractivity contribution in [2.45, 2.75) is 25.9 Å². The van der Waals surface area contributed by atoms with Crippen molar-refractivity contribution in [1.29, 1.82) is 5.41 Å². The number of amidine groups is 1. The van der Waals surface area contributed by atoms with Gasteiger partial charge in [0.25, 0.3) is 0 Å². The number of likely N-dealkylation sites (tertiary alicyclic amines) is 1. The number of nitrogens with zero attached hydrogens (tertiary/aromatic N) is 1. The van der Waals surface area contributed by atoms with Gasteiger partial charge in [0.05, 0.1) is 13.1 Å². The number of carbonyl (C=O) groups excluding carboxylic acids is 2. The molecule has 0 bridgehead atoms. The monoisotopic (exact) mass is 439 g/mol. The molecule has 2 amide bonds. The number of hydrogen-bond acceptors (Lipinski definition) is 5. The highest BCUT2D eigenvalue weighted by Gasteiger charge is 2.36. The Kier molecular flexibility index (Phi) is 9.37. The van der Waals surface area contributed by atoms with Crippen LogP contribution in [0.15, 0.2) is 54.6 Å². The number of carboxylic acid groups (broad SMARTS) is 1. The molecule has 2 aromatic rings. The zero-order valence-electron chi connectivity index (χ0n) is 18.0. The summed E-state index contributed by atoms with van der Waals surface area (Å²) in [5.41, 5.74) is 8.18. The number of rotatable bonds is 8. The highest BCUT2D eigenvalue weighted by molar-refractivity contribution is 5.95. The Balaban J connectivity index is 0.000000439. The molecule has 32 heavy (non-hydrogen) atoms. The van der Waals surface area contributed by atoms with Crippen LogP contribution in [0.4, 0.5) is 0 Å². The summed E-state index contributed by atoms with van der Waals surface area (Å²) in [6.45, 7) is 2.47. The first-order chi connectivity index (χ1) is 15.3. The Labute approximate surface area is 187 Å². The van der Waals surface area contributed by atoms with Gasteiger partial charge < -0.3 is 21.1 Å². The van der Waals surface area contributed by atoms with Crippen molar-refractivity contribution in [3.8, 4) is 0 Å². The maximum Gasteiger partial charge on any atom is 0.317 e. The Hall–Kier alpha value is -3.72. The van der Waals surface area contributed by atoms with Crippen molar-refractivity contribution in [1.82, 2.24) is 15.5 Å². The predicted octanol–water partition coefficient (Wildman–Crippen LogP) is 0.857. The van der Waals surface area contributed by atoms with Crippen molar-refractivity contribution in [2.75, 3.05) is 19.6 Å². The van der Waals surface area contributed by atoms with Gasteiger partial charge in [-0.15, -0.1) is 0 Å². The summed E-state index contributed by atoms with van der Waals surface area (Å²) in [5.74, 6) is -1.59. The third-order valence-corrected chi connectivity index (χ3v) is 4.87. The fourth-order valence-electron chi connectivity index (χ4n) is 2.98. The van der Waals surface area contributed by atoms with Crippen LogP contribution in [0.2, 0.25) is 0 Å². The highest BCUT2D eigenvalue weighted by Crippen LogP contribution is 2.17. The number of aryl methyl sites for hydroxylation is 1. The molecule has 0 saturated carbocycles. The Morgan fingerprint density at radius 3 is 2.22 bits per heavy atom. The van der Waals surface area contributed by atoms with Gasteiger partial charge in [-0.3, -0.25) is 25.1 Å². The Morgan fingerprint density at radius 2 is 1.75 bits per heavy atom. The van der Waals surface area contributed by atoms with Crippen LogP contribution in [0.1, 0.15) is 23.1 Å². The molecule has 1 aliphatic rings. The van der Waals surface area contributed by atoms with Crippen LogP contribution < -0.4 is 16.4 Å². The molecule has 2 aromatic carbocycles. The molecule has 6 N–H and O–H groups in total. The second-order valence-corrected chi connectivity index (χ2v) is 7.37. The van der Waals surface area contributed by atoms with E-state index >= 15 is 0 Å². The average Bonchev–Trinajstić information content (AvgIpc) is 2.72. The molecule has 3 rings (SSSR count). The smallest absolute Gasteiger partial charge is 0.317 e. The third kappa shape index (κ3) is 7.84. The fraction of sp³-hybridized carbons (Fsp3) is 0.304. The van der Waals surface area contributed by atoms with E-state index in [1.165, 1.54) is 10.5 Å². The quantitative estimate of drug-likeness (QED) is 0.304. The van der Waals surface area contributed by atoms with Crippen LogP contribution in [0, 0.1) is 12.3 Å². The molecule has 0 spiro atoms. The van der Waals surface area contributed by atoms with Gasteiger partial charge in [-0.05, 0) is 18.9 Å². The van der Waals surface area contributed by atoms with Crippen LogP contribution in [0.5, 0.6) is 0 Å². The Morgan fingerprint density at radius 1 is 1.09 bits per heavy atom. The molecular weight excluding hydrogens is 410 g/mol. The summed E-state index contributed by atoms with van der Waals surface area (Å²) < 4.78 is 0. The summed E-state index contributed by atoms with van der Waals surface area (Å²) in [5, 5.41) is 21.2. The van der Waals surface area contributed by atoms with E-state index in [9.17, 15) is 14.4 Å². The van der Waals surface area contributed by atoms with Gasteiger partial charge in [0.15, 0.2) is 0 Å². The van der Waals surface area contributed by atoms with Crippen LogP contribution >= 0.6 is 0 Å². The SMILES string of the molecule is Cc1ccccc1.N=C(N)c1ccc(CNC(=O)C2CCN2C(=O)CNCC(=O)O)cc1. The molecule has 0 aliphatic carbocycles. The van der Waals surface area contributed by atoms with Crippen LogP contribution in [-0.4, -0.2) is 59.3 Å². The van der Waals surface area contributed by atoms with Gasteiger partial charge in [0.2, 0.25) is 11.8 Å². The summed E-state index contributed by atoms with van der Waals surface area (Å²) in [7, 11) is 0. The summed E-state index contributed by atoms with van der Waals surface area (Å²) in [4.78, 5) is 36.0. The second kappa shape index (κ2) is 12.2. The standard InChI is InChI=1S/C16H21N5O4.C7H8/c17-15(18)11-3-1-10(2-4-11)7-20-16(25)12-5-6-21(12)13(22)8-19-9-14(23)24;1-7-5-3-2-4-6-7/h1-4,12,19H,5-9H2,(H3,17,18)(H,20,25)(H,23,24);2-6H,1H3. The number of nitrogen functional groups attached to an aromatic ring is 1. The van der Waals surface area contributed by atoms with E-state index in [0.29, 0.717) is 25.1 Å². The van der Waals surface area contributed by atoms with Gasteiger partial charge in [-0.1, -0.05) is 60.2 Å². The average molecular weight is 440 g/mol. The van der Waals surface area contributed by atoms with E-state index in [0.717, 1.165) is 5.56 Å². The number of carbonyl (C=O) groups is 3. The van der Waals surface area contributed by atoms with E-state index in [1.807, 2.05) is 18.2 Å². The summed E-state index contributed by atoms with van der Waals surface area (Å²) in [6, 6.07) is 16.7. The molecule has 1 unspecified atom stereocenters. The lowest BCUT2D eigenvalue weighted by Crippen LogP contribution is -2.59. The maximum atomic E-state index is 12.2. The largest absolute Gasteiger partial charge is 0.480 e. The van der Waals surface area contributed by atoms with E-state index in [-0.39, 0.29) is 30.7 Å². The molecule has 1 heterocycles. The zero-order chi connectivity index (χ0) is 23.5. The minimum atomic E-state index is -1.04. The number of nitrogens with two attached hydrogens (primary N) is 1. The lowest BCUT2D eigenvalue weighted by Gasteiger charge is -2.39. The number of amides is 2. The normalized spacial score (nSPS) is 14.4. The number of hydrogen-bond donors (Lipinski definition) is 5. The van der Waals surface area contributed by atoms with Gasteiger partial charge in [-0.2, -0.15) is 0 Å². The van der Waals surface area contributed by atoms with Crippen molar-refractivity contribution in [3.63, 3.8) is 0 Å². The first-order valence-corrected chi connectivity index (χ1v) is 10.2. The number of nitrogens with one attached hydrogen (secondary N) is 3. The van der Waals surface area contributed by atoms with E-state index < -0.39 is 12.0 Å². The lowest BCUT2D eigenvalue weighted by atomic mass is 10.0. The minimum absolute atomic E-state index is 0.0179. The van der Waals surface area contributed by atoms with Crippen molar-refractivity contribution >= 4 is 23.6 Å². The number of carboxylic acids is 1. The molecule has 9 heteroatoms. The zero-order valence-corrected chi connectivity index (χ0v) is 18.0. The van der Waals surface area contributed by atoms with E-state index in [1.54, 1.807) is 24.3 Å². The molecule has 1 saturated heterocycles. The molecule has 1 atom stereocenters. The van der Waals surface area contributed by atoms with Crippen molar-refractivity contribution in [3.05, 3.63) is 71.3 Å². The topological polar surface area (TPSA) is 149 Å². The lowest BCUT2D eigenvalue weighted by molar-refractivity contribution is -0.147. The van der Waals surface area contributed by atoms with Crippen molar-refractivity contribution in [2.24, 2.45) is 5.73 Å². The highest BCUT2D eigenvalue weighted by atomic mass is 16.4. The van der Waals surface area contributed by atoms with Gasteiger partial charge in [0.1, 0.15) is 11.9 Å². The number of benzene rings is 2. The first kappa shape index (κ1) is 24.5. The van der Waals surface area contributed by atoms with Crippen LogP contribution in [0.3, 0.4) is 0 Å². The van der Waals surface area contributed by atoms with Gasteiger partial charge in [-0.25, -0.2) is 0 Å².